The topological polar surface area (TPSA) is 28.2 Å². The molecule has 3 nitrogen and oxygen atoms in total. The van der Waals surface area contributed by atoms with Crippen molar-refractivity contribution in [2.75, 3.05) is 31.1 Å². The molecule has 2 aromatic rings. The monoisotopic (exact) mass is 277 g/mol. The summed E-state index contributed by atoms with van der Waals surface area (Å²) in [5.41, 5.74) is 5.08. The average Bonchev–Trinajstić information content (AvgIpc) is 2.43. The maximum atomic E-state index is 4.55. The molecule has 1 saturated heterocycles. The summed E-state index contributed by atoms with van der Waals surface area (Å²) in [7, 11) is 0. The highest BCUT2D eigenvalue weighted by Crippen LogP contribution is 2.28. The third kappa shape index (κ3) is 2.53. The summed E-state index contributed by atoms with van der Waals surface area (Å²) < 4.78 is 0. The Hall–Kier alpha value is -1.32. The summed E-state index contributed by atoms with van der Waals surface area (Å²) in [6.45, 7) is 8.58. The van der Waals surface area contributed by atoms with Gasteiger partial charge in [-0.1, -0.05) is 12.1 Å². The molecule has 0 aliphatic carbocycles. The minimum Gasteiger partial charge on any atom is -0.368 e. The molecule has 0 unspecified atom stereocenters. The van der Waals surface area contributed by atoms with Crippen LogP contribution in [0.25, 0.3) is 10.9 Å². The van der Waals surface area contributed by atoms with Gasteiger partial charge in [-0.15, -0.1) is 12.4 Å². The van der Waals surface area contributed by atoms with E-state index in [0.29, 0.717) is 0 Å². The Morgan fingerprint density at radius 1 is 1.11 bits per heavy atom. The summed E-state index contributed by atoms with van der Waals surface area (Å²) in [5.74, 6) is 0. The number of nitrogens with one attached hydrogen (secondary N) is 1. The van der Waals surface area contributed by atoms with Crippen LogP contribution in [0, 0.1) is 13.8 Å². The number of hydrogen-bond acceptors (Lipinski definition) is 3. The number of rotatable bonds is 1. The first kappa shape index (κ1) is 14.1. The zero-order valence-corrected chi connectivity index (χ0v) is 12.3. The largest absolute Gasteiger partial charge is 0.368 e. The Kier molecular flexibility index (Phi) is 4.27. The molecule has 1 aromatic carbocycles. The molecule has 2 heterocycles. The Bertz CT molecular complexity index is 577. The highest BCUT2D eigenvalue weighted by molar-refractivity contribution is 5.94. The SMILES string of the molecule is Cc1ccc2c(N3CCNCC3)ccnc2c1C.Cl. The van der Waals surface area contributed by atoms with Gasteiger partial charge in [-0.2, -0.15) is 0 Å². The molecule has 3 rings (SSSR count). The van der Waals surface area contributed by atoms with Crippen molar-refractivity contribution in [2.24, 2.45) is 0 Å². The van der Waals surface area contributed by atoms with E-state index in [1.807, 2.05) is 6.20 Å². The van der Waals surface area contributed by atoms with E-state index in [1.165, 1.54) is 22.2 Å². The molecular formula is C15H20ClN3. The lowest BCUT2D eigenvalue weighted by atomic mass is 10.0. The maximum absolute atomic E-state index is 4.55. The fourth-order valence-corrected chi connectivity index (χ4v) is 2.63. The van der Waals surface area contributed by atoms with Gasteiger partial charge < -0.3 is 10.2 Å². The molecule has 4 heteroatoms. The number of hydrogen-bond donors (Lipinski definition) is 1. The summed E-state index contributed by atoms with van der Waals surface area (Å²) in [6.07, 6.45) is 1.94. The lowest BCUT2D eigenvalue weighted by Gasteiger charge is -2.30. The average molecular weight is 278 g/mol. The molecule has 1 N–H and O–H groups in total. The molecule has 102 valence electrons. The fourth-order valence-electron chi connectivity index (χ4n) is 2.63. The van der Waals surface area contributed by atoms with E-state index in [0.717, 1.165) is 31.7 Å². The molecular weight excluding hydrogens is 258 g/mol. The molecule has 0 atom stereocenters. The van der Waals surface area contributed by atoms with E-state index < -0.39 is 0 Å². The second kappa shape index (κ2) is 5.76. The highest BCUT2D eigenvalue weighted by Gasteiger charge is 2.14. The first-order valence-corrected chi connectivity index (χ1v) is 6.58. The van der Waals surface area contributed by atoms with Gasteiger partial charge in [0.1, 0.15) is 0 Å². The van der Waals surface area contributed by atoms with Gasteiger partial charge in [0.25, 0.3) is 0 Å². The van der Waals surface area contributed by atoms with Crippen LogP contribution in [0.15, 0.2) is 24.4 Å². The van der Waals surface area contributed by atoms with Gasteiger partial charge in [0.15, 0.2) is 0 Å². The van der Waals surface area contributed by atoms with Gasteiger partial charge in [0.2, 0.25) is 0 Å². The van der Waals surface area contributed by atoms with Gasteiger partial charge in [-0.05, 0) is 31.0 Å². The van der Waals surface area contributed by atoms with E-state index >= 15 is 0 Å². The summed E-state index contributed by atoms with van der Waals surface area (Å²) in [4.78, 5) is 7.01. The number of halogens is 1. The Balaban J connectivity index is 0.00000133. The van der Waals surface area contributed by atoms with Gasteiger partial charge in [-0.3, -0.25) is 4.98 Å². The summed E-state index contributed by atoms with van der Waals surface area (Å²) in [5, 5.41) is 4.68. The molecule has 19 heavy (non-hydrogen) atoms. The molecule has 0 spiro atoms. The summed E-state index contributed by atoms with van der Waals surface area (Å²) >= 11 is 0. The predicted octanol–water partition coefficient (Wildman–Crippen LogP) is 2.68. The number of pyridine rings is 1. The van der Waals surface area contributed by atoms with E-state index in [1.54, 1.807) is 0 Å². The van der Waals surface area contributed by atoms with E-state index in [2.05, 4.69) is 47.2 Å². The predicted molar refractivity (Wildman–Crippen MR) is 83.5 cm³/mol. The number of nitrogens with zero attached hydrogens (tertiary/aromatic N) is 2. The van der Waals surface area contributed by atoms with E-state index in [4.69, 9.17) is 0 Å². The molecule has 0 bridgehead atoms. The van der Waals surface area contributed by atoms with Crippen molar-refractivity contribution in [2.45, 2.75) is 13.8 Å². The second-order valence-corrected chi connectivity index (χ2v) is 4.97. The fraction of sp³-hybridized carbons (Fsp3) is 0.400. The molecule has 1 aromatic heterocycles. The molecule has 1 fully saturated rings. The minimum atomic E-state index is 0. The van der Waals surface area contributed by atoms with Crippen LogP contribution >= 0.6 is 12.4 Å². The molecule has 0 amide bonds. The quantitative estimate of drug-likeness (QED) is 0.869. The smallest absolute Gasteiger partial charge is 0.0754 e. The van der Waals surface area contributed by atoms with Crippen molar-refractivity contribution in [3.05, 3.63) is 35.5 Å². The van der Waals surface area contributed by atoms with Gasteiger partial charge in [0, 0.05) is 43.4 Å². The molecule has 1 aliphatic rings. The highest BCUT2D eigenvalue weighted by atomic mass is 35.5. The molecule has 0 radical (unpaired) electrons. The van der Waals surface area contributed by atoms with Crippen molar-refractivity contribution in [1.29, 1.82) is 0 Å². The number of benzene rings is 1. The Labute approximate surface area is 120 Å². The minimum absolute atomic E-state index is 0. The third-order valence-electron chi connectivity index (χ3n) is 3.87. The lowest BCUT2D eigenvalue weighted by molar-refractivity contribution is 0.590. The maximum Gasteiger partial charge on any atom is 0.0754 e. The van der Waals surface area contributed by atoms with Crippen LogP contribution in [-0.2, 0) is 0 Å². The second-order valence-electron chi connectivity index (χ2n) is 4.97. The number of anilines is 1. The number of aromatic nitrogens is 1. The van der Waals surface area contributed by atoms with Crippen LogP contribution in [0.1, 0.15) is 11.1 Å². The standard InChI is InChI=1S/C15H19N3.ClH/c1-11-3-4-13-14(18-9-7-16-8-10-18)5-6-17-15(13)12(11)2;/h3-6,16H,7-10H2,1-2H3;1H. The van der Waals surface area contributed by atoms with Crippen LogP contribution in [0.5, 0.6) is 0 Å². The van der Waals surface area contributed by atoms with Crippen molar-refractivity contribution in [3.8, 4) is 0 Å². The third-order valence-corrected chi connectivity index (χ3v) is 3.87. The van der Waals surface area contributed by atoms with Crippen LogP contribution in [0.2, 0.25) is 0 Å². The number of piperazine rings is 1. The first-order valence-electron chi connectivity index (χ1n) is 6.58. The zero-order chi connectivity index (χ0) is 12.5. The van der Waals surface area contributed by atoms with Crippen LogP contribution in [-0.4, -0.2) is 31.2 Å². The molecule has 1 aliphatic heterocycles. The van der Waals surface area contributed by atoms with E-state index in [9.17, 15) is 0 Å². The van der Waals surface area contributed by atoms with Gasteiger partial charge in [0.05, 0.1) is 5.52 Å². The van der Waals surface area contributed by atoms with Crippen LogP contribution in [0.3, 0.4) is 0 Å². The molecule has 0 saturated carbocycles. The van der Waals surface area contributed by atoms with Gasteiger partial charge >= 0.3 is 0 Å². The van der Waals surface area contributed by atoms with Crippen molar-refractivity contribution >= 4 is 29.0 Å². The van der Waals surface area contributed by atoms with Crippen molar-refractivity contribution in [3.63, 3.8) is 0 Å². The van der Waals surface area contributed by atoms with Crippen LogP contribution < -0.4 is 10.2 Å². The van der Waals surface area contributed by atoms with Crippen molar-refractivity contribution < 1.29 is 0 Å². The lowest BCUT2D eigenvalue weighted by Crippen LogP contribution is -2.43. The summed E-state index contributed by atoms with van der Waals surface area (Å²) in [6, 6.07) is 6.55. The Morgan fingerprint density at radius 3 is 2.58 bits per heavy atom. The van der Waals surface area contributed by atoms with Gasteiger partial charge in [-0.25, -0.2) is 0 Å². The Morgan fingerprint density at radius 2 is 1.84 bits per heavy atom. The van der Waals surface area contributed by atoms with E-state index in [-0.39, 0.29) is 12.4 Å². The number of fused-ring (bicyclic) bond motifs is 1. The van der Waals surface area contributed by atoms with Crippen molar-refractivity contribution in [1.82, 2.24) is 10.3 Å². The van der Waals surface area contributed by atoms with Crippen LogP contribution in [0.4, 0.5) is 5.69 Å². The first-order chi connectivity index (χ1) is 8.77. The number of aryl methyl sites for hydroxylation is 2. The normalized spacial score (nSPS) is 15.4. The zero-order valence-electron chi connectivity index (χ0n) is 11.4.